The van der Waals surface area contributed by atoms with Gasteiger partial charge in [-0.1, -0.05) is 26.0 Å². The second kappa shape index (κ2) is 4.45. The number of aliphatic hydroxyl groups excluding tert-OH is 1. The molecule has 1 aromatic carbocycles. The van der Waals surface area contributed by atoms with Gasteiger partial charge in [-0.3, -0.25) is 0 Å². The lowest BCUT2D eigenvalue weighted by atomic mass is 10.0. The van der Waals surface area contributed by atoms with E-state index in [0.29, 0.717) is 5.92 Å². The highest BCUT2D eigenvalue weighted by Gasteiger charge is 2.20. The maximum atomic E-state index is 9.17. The van der Waals surface area contributed by atoms with Crippen LogP contribution in [0.4, 0.5) is 5.69 Å². The Morgan fingerprint density at radius 1 is 1.53 bits per heavy atom. The van der Waals surface area contributed by atoms with Gasteiger partial charge < -0.3 is 10.4 Å². The topological polar surface area (TPSA) is 32.3 Å². The van der Waals surface area contributed by atoms with Gasteiger partial charge in [0, 0.05) is 10.6 Å². The van der Waals surface area contributed by atoms with Gasteiger partial charge in [-0.05, 0) is 17.5 Å². The van der Waals surface area contributed by atoms with Crippen LogP contribution in [0, 0.1) is 0 Å². The highest BCUT2D eigenvalue weighted by Crippen LogP contribution is 2.38. The number of hydrogen-bond donors (Lipinski definition) is 2. The smallest absolute Gasteiger partial charge is 0.0641 e. The van der Waals surface area contributed by atoms with Crippen molar-refractivity contribution in [2.45, 2.75) is 30.7 Å². The maximum absolute atomic E-state index is 9.17. The molecule has 0 bridgehead atoms. The zero-order valence-electron chi connectivity index (χ0n) is 9.16. The summed E-state index contributed by atoms with van der Waals surface area (Å²) >= 11 is 1.83. The van der Waals surface area contributed by atoms with E-state index in [4.69, 9.17) is 0 Å². The van der Waals surface area contributed by atoms with E-state index >= 15 is 0 Å². The van der Waals surface area contributed by atoms with E-state index in [1.807, 2.05) is 11.8 Å². The molecule has 0 saturated heterocycles. The van der Waals surface area contributed by atoms with Crippen molar-refractivity contribution < 1.29 is 5.11 Å². The van der Waals surface area contributed by atoms with E-state index in [1.54, 1.807) is 0 Å². The largest absolute Gasteiger partial charge is 0.394 e. The van der Waals surface area contributed by atoms with Crippen molar-refractivity contribution in [2.75, 3.05) is 17.7 Å². The number of nitrogens with one attached hydrogen (secondary N) is 1. The van der Waals surface area contributed by atoms with E-state index in [0.717, 1.165) is 5.75 Å². The molecule has 1 aliphatic heterocycles. The van der Waals surface area contributed by atoms with Gasteiger partial charge in [-0.25, -0.2) is 0 Å². The van der Waals surface area contributed by atoms with Gasteiger partial charge in [0.2, 0.25) is 0 Å². The average molecular weight is 223 g/mol. The first kappa shape index (κ1) is 10.8. The lowest BCUT2D eigenvalue weighted by Crippen LogP contribution is -2.30. The highest BCUT2D eigenvalue weighted by molar-refractivity contribution is 7.99. The molecule has 2 N–H and O–H groups in total. The lowest BCUT2D eigenvalue weighted by molar-refractivity contribution is 0.282. The summed E-state index contributed by atoms with van der Waals surface area (Å²) in [5, 5.41) is 12.6. The molecular weight excluding hydrogens is 206 g/mol. The Morgan fingerprint density at radius 3 is 3.00 bits per heavy atom. The first-order valence-electron chi connectivity index (χ1n) is 5.35. The van der Waals surface area contributed by atoms with Crippen LogP contribution in [0.15, 0.2) is 23.1 Å². The minimum atomic E-state index is 0.197. The van der Waals surface area contributed by atoms with Crippen LogP contribution in [0.2, 0.25) is 0 Å². The molecule has 1 atom stereocenters. The van der Waals surface area contributed by atoms with Crippen LogP contribution in [0.1, 0.15) is 25.3 Å². The fraction of sp³-hybridized carbons (Fsp3) is 0.500. The second-order valence-electron chi connectivity index (χ2n) is 4.21. The average Bonchev–Trinajstić information content (AvgIpc) is 2.27. The molecule has 2 nitrogen and oxygen atoms in total. The first-order chi connectivity index (χ1) is 7.22. The molecule has 1 unspecified atom stereocenters. The third-order valence-corrected chi connectivity index (χ3v) is 3.91. The van der Waals surface area contributed by atoms with Crippen LogP contribution in [0.3, 0.4) is 0 Å². The van der Waals surface area contributed by atoms with Crippen molar-refractivity contribution in [1.82, 2.24) is 0 Å². The maximum Gasteiger partial charge on any atom is 0.0641 e. The minimum absolute atomic E-state index is 0.197. The van der Waals surface area contributed by atoms with E-state index in [-0.39, 0.29) is 12.6 Å². The van der Waals surface area contributed by atoms with Crippen LogP contribution in [-0.4, -0.2) is 23.5 Å². The molecule has 82 valence electrons. The van der Waals surface area contributed by atoms with Crippen LogP contribution < -0.4 is 5.32 Å². The van der Waals surface area contributed by atoms with Crippen molar-refractivity contribution in [3.05, 3.63) is 23.8 Å². The van der Waals surface area contributed by atoms with Crippen molar-refractivity contribution in [2.24, 2.45) is 0 Å². The number of rotatable bonds is 2. The Labute approximate surface area is 95.1 Å². The van der Waals surface area contributed by atoms with Crippen LogP contribution >= 0.6 is 11.8 Å². The standard InChI is InChI=1S/C12H17NOS/c1-8(2)10-4-3-5-11-12(10)13-9(6-14)7-15-11/h3-5,8-9,13-14H,6-7H2,1-2H3. The molecule has 2 rings (SSSR count). The zero-order valence-corrected chi connectivity index (χ0v) is 9.97. The summed E-state index contributed by atoms with van der Waals surface area (Å²) < 4.78 is 0. The van der Waals surface area contributed by atoms with Gasteiger partial charge in [0.15, 0.2) is 0 Å². The third kappa shape index (κ3) is 2.13. The lowest BCUT2D eigenvalue weighted by Gasteiger charge is -2.28. The zero-order chi connectivity index (χ0) is 10.8. The number of fused-ring (bicyclic) bond motifs is 1. The molecule has 1 aliphatic rings. The first-order valence-corrected chi connectivity index (χ1v) is 6.34. The van der Waals surface area contributed by atoms with E-state index in [9.17, 15) is 5.11 Å². The third-order valence-electron chi connectivity index (χ3n) is 2.69. The van der Waals surface area contributed by atoms with Gasteiger partial charge in [-0.2, -0.15) is 0 Å². The number of anilines is 1. The highest BCUT2D eigenvalue weighted by atomic mass is 32.2. The van der Waals surface area contributed by atoms with Gasteiger partial charge >= 0.3 is 0 Å². The fourth-order valence-corrected chi connectivity index (χ4v) is 2.90. The monoisotopic (exact) mass is 223 g/mol. The normalized spacial score (nSPS) is 19.9. The Bertz CT molecular complexity index is 351. The van der Waals surface area contributed by atoms with Crippen molar-refractivity contribution in [3.63, 3.8) is 0 Å². The number of benzene rings is 1. The Hall–Kier alpha value is -0.670. The van der Waals surface area contributed by atoms with Crippen LogP contribution in [-0.2, 0) is 0 Å². The molecule has 0 amide bonds. The Balaban J connectivity index is 2.36. The number of para-hydroxylation sites is 1. The molecule has 0 saturated carbocycles. The summed E-state index contributed by atoms with van der Waals surface area (Å²) in [6.07, 6.45) is 0. The molecule has 3 heteroatoms. The van der Waals surface area contributed by atoms with Crippen LogP contribution in [0.25, 0.3) is 0 Å². The molecule has 0 radical (unpaired) electrons. The van der Waals surface area contributed by atoms with Crippen LogP contribution in [0.5, 0.6) is 0 Å². The molecule has 0 aromatic heterocycles. The predicted octanol–water partition coefficient (Wildman–Crippen LogP) is 2.69. The van der Waals surface area contributed by atoms with E-state index in [1.165, 1.54) is 16.1 Å². The molecule has 15 heavy (non-hydrogen) atoms. The van der Waals surface area contributed by atoms with Crippen molar-refractivity contribution in [3.8, 4) is 0 Å². The number of aliphatic hydroxyl groups is 1. The minimum Gasteiger partial charge on any atom is -0.394 e. The van der Waals surface area contributed by atoms with Gasteiger partial charge in [0.05, 0.1) is 18.3 Å². The molecule has 1 heterocycles. The van der Waals surface area contributed by atoms with Gasteiger partial charge in [0.1, 0.15) is 0 Å². The van der Waals surface area contributed by atoms with Gasteiger partial charge in [0.25, 0.3) is 0 Å². The molecule has 0 spiro atoms. The molecule has 0 aliphatic carbocycles. The second-order valence-corrected chi connectivity index (χ2v) is 5.27. The summed E-state index contributed by atoms with van der Waals surface area (Å²) in [6.45, 7) is 4.61. The summed E-state index contributed by atoms with van der Waals surface area (Å²) in [5.41, 5.74) is 2.57. The number of hydrogen-bond acceptors (Lipinski definition) is 3. The SMILES string of the molecule is CC(C)c1cccc2c1NC(CO)CS2. The summed E-state index contributed by atoms with van der Waals surface area (Å²) in [7, 11) is 0. The Kier molecular flexibility index (Phi) is 3.22. The van der Waals surface area contributed by atoms with Crippen molar-refractivity contribution >= 4 is 17.4 Å². The summed E-state index contributed by atoms with van der Waals surface area (Å²) in [4.78, 5) is 1.31. The summed E-state index contributed by atoms with van der Waals surface area (Å²) in [5.74, 6) is 1.47. The van der Waals surface area contributed by atoms with E-state index < -0.39 is 0 Å². The molecule has 1 aromatic rings. The molecular formula is C12H17NOS. The van der Waals surface area contributed by atoms with Gasteiger partial charge in [-0.15, -0.1) is 11.8 Å². The molecule has 0 fully saturated rings. The number of thioether (sulfide) groups is 1. The quantitative estimate of drug-likeness (QED) is 0.808. The van der Waals surface area contributed by atoms with E-state index in [2.05, 4.69) is 37.4 Å². The summed E-state index contributed by atoms with van der Waals surface area (Å²) in [6, 6.07) is 6.62. The predicted molar refractivity (Wildman–Crippen MR) is 65.8 cm³/mol. The van der Waals surface area contributed by atoms with Crippen molar-refractivity contribution in [1.29, 1.82) is 0 Å². The fourth-order valence-electron chi connectivity index (χ4n) is 1.84. The Morgan fingerprint density at radius 2 is 2.33 bits per heavy atom.